The van der Waals surface area contributed by atoms with Crippen molar-refractivity contribution in [2.75, 3.05) is 6.61 Å². The topological polar surface area (TPSA) is 29.5 Å². The summed E-state index contributed by atoms with van der Waals surface area (Å²) in [5.41, 5.74) is 2.63. The van der Waals surface area contributed by atoms with Crippen LogP contribution in [0.4, 0.5) is 0 Å². The van der Waals surface area contributed by atoms with Gasteiger partial charge in [-0.1, -0.05) is 37.6 Å². The van der Waals surface area contributed by atoms with Crippen LogP contribution in [-0.2, 0) is 4.74 Å². The van der Waals surface area contributed by atoms with Crippen LogP contribution in [-0.4, -0.2) is 11.7 Å². The fourth-order valence-electron chi connectivity index (χ4n) is 3.91. The molecule has 2 aliphatic rings. The molecule has 1 aromatic carbocycles. The van der Waals surface area contributed by atoms with Crippen molar-refractivity contribution in [3.8, 4) is 5.75 Å². The van der Waals surface area contributed by atoms with E-state index in [1.807, 2.05) is 12.1 Å². The summed E-state index contributed by atoms with van der Waals surface area (Å²) in [4.78, 5) is 0. The van der Waals surface area contributed by atoms with Crippen molar-refractivity contribution in [3.63, 3.8) is 0 Å². The lowest BCUT2D eigenvalue weighted by molar-refractivity contribution is -0.0934. The summed E-state index contributed by atoms with van der Waals surface area (Å²) in [6.07, 6.45) is 2.56. The van der Waals surface area contributed by atoms with E-state index in [4.69, 9.17) is 4.74 Å². The summed E-state index contributed by atoms with van der Waals surface area (Å²) in [7, 11) is 0. The fourth-order valence-corrected chi connectivity index (χ4v) is 3.91. The Morgan fingerprint density at radius 3 is 2.53 bits per heavy atom. The largest absolute Gasteiger partial charge is 0.508 e. The van der Waals surface area contributed by atoms with Gasteiger partial charge >= 0.3 is 0 Å². The Morgan fingerprint density at radius 2 is 1.84 bits per heavy atom. The van der Waals surface area contributed by atoms with E-state index in [0.29, 0.717) is 29.4 Å². The van der Waals surface area contributed by atoms with Crippen molar-refractivity contribution >= 4 is 0 Å². The smallest absolute Gasteiger partial charge is 0.115 e. The third kappa shape index (κ3) is 2.08. The number of phenolic OH excluding ortho intramolecular Hbond substituents is 1. The first-order chi connectivity index (χ1) is 9.08. The number of rotatable bonds is 1. The molecule has 1 saturated heterocycles. The van der Waals surface area contributed by atoms with Gasteiger partial charge in [0.1, 0.15) is 5.75 Å². The van der Waals surface area contributed by atoms with E-state index in [0.717, 1.165) is 6.61 Å². The Morgan fingerprint density at radius 1 is 1.16 bits per heavy atom. The van der Waals surface area contributed by atoms with Crippen LogP contribution in [0.1, 0.15) is 32.4 Å². The van der Waals surface area contributed by atoms with Crippen LogP contribution in [0.5, 0.6) is 5.75 Å². The number of aromatic hydroxyl groups is 1. The summed E-state index contributed by atoms with van der Waals surface area (Å²) in [6, 6.07) is 7.47. The van der Waals surface area contributed by atoms with E-state index in [2.05, 4.69) is 26.8 Å². The van der Waals surface area contributed by atoms with Gasteiger partial charge in [-0.25, -0.2) is 0 Å². The molecule has 2 nitrogen and oxygen atoms in total. The molecule has 2 heteroatoms. The number of phenols is 1. The summed E-state index contributed by atoms with van der Waals surface area (Å²) >= 11 is 0. The molecule has 1 fully saturated rings. The molecular formula is C17H22O2. The number of hydrogen-bond donors (Lipinski definition) is 1. The molecular weight excluding hydrogens is 236 g/mol. The summed E-state index contributed by atoms with van der Waals surface area (Å²) in [6.45, 7) is 7.73. The predicted octanol–water partition coefficient (Wildman–Crippen LogP) is 3.93. The zero-order valence-corrected chi connectivity index (χ0v) is 11.8. The first-order valence-corrected chi connectivity index (χ1v) is 7.16. The SMILES string of the molecule is CC1=C[C@@H](C)[C@H]2CO[C@H](c3ccc(O)cc3)[C@@H]1[C@@H]2C. The van der Waals surface area contributed by atoms with Gasteiger partial charge in [-0.05, 0) is 42.4 Å². The molecule has 0 unspecified atom stereocenters. The van der Waals surface area contributed by atoms with Crippen LogP contribution in [0, 0.1) is 23.7 Å². The lowest BCUT2D eigenvalue weighted by Gasteiger charge is -2.47. The maximum Gasteiger partial charge on any atom is 0.115 e. The molecule has 1 N–H and O–H groups in total. The van der Waals surface area contributed by atoms with Crippen molar-refractivity contribution in [2.24, 2.45) is 23.7 Å². The average Bonchev–Trinajstić information content (AvgIpc) is 2.37. The van der Waals surface area contributed by atoms with E-state index in [-0.39, 0.29) is 6.10 Å². The average molecular weight is 258 g/mol. The second kappa shape index (κ2) is 4.68. The van der Waals surface area contributed by atoms with Gasteiger partial charge in [0.15, 0.2) is 0 Å². The Labute approximate surface area is 115 Å². The normalized spacial score (nSPS) is 37.8. The minimum absolute atomic E-state index is 0.135. The summed E-state index contributed by atoms with van der Waals surface area (Å²) in [5.74, 6) is 2.70. The van der Waals surface area contributed by atoms with Gasteiger partial charge in [-0.3, -0.25) is 0 Å². The lowest BCUT2D eigenvalue weighted by Crippen LogP contribution is -2.42. The molecule has 1 aromatic rings. The molecule has 1 aliphatic heterocycles. The lowest BCUT2D eigenvalue weighted by atomic mass is 9.64. The van der Waals surface area contributed by atoms with Gasteiger partial charge in [0.05, 0.1) is 12.7 Å². The second-order valence-corrected chi connectivity index (χ2v) is 6.16. The highest BCUT2D eigenvalue weighted by molar-refractivity contribution is 5.30. The van der Waals surface area contributed by atoms with Crippen LogP contribution in [0.2, 0.25) is 0 Å². The Kier molecular flexibility index (Phi) is 3.14. The fraction of sp³-hybridized carbons (Fsp3) is 0.529. The molecule has 0 radical (unpaired) electrons. The zero-order valence-electron chi connectivity index (χ0n) is 11.8. The molecule has 2 bridgehead atoms. The van der Waals surface area contributed by atoms with Crippen molar-refractivity contribution in [1.29, 1.82) is 0 Å². The van der Waals surface area contributed by atoms with Gasteiger partial charge in [-0.15, -0.1) is 0 Å². The highest BCUT2D eigenvalue weighted by atomic mass is 16.5. The molecule has 3 rings (SSSR count). The molecule has 19 heavy (non-hydrogen) atoms. The van der Waals surface area contributed by atoms with Crippen LogP contribution < -0.4 is 0 Å². The summed E-state index contributed by atoms with van der Waals surface area (Å²) < 4.78 is 6.16. The third-order valence-corrected chi connectivity index (χ3v) is 4.98. The molecule has 5 atom stereocenters. The molecule has 102 valence electrons. The van der Waals surface area contributed by atoms with E-state index in [9.17, 15) is 5.11 Å². The molecule has 1 heterocycles. The van der Waals surface area contributed by atoms with E-state index in [1.54, 1.807) is 12.1 Å². The molecule has 0 saturated carbocycles. The summed E-state index contributed by atoms with van der Waals surface area (Å²) in [5, 5.41) is 9.42. The van der Waals surface area contributed by atoms with Crippen molar-refractivity contribution < 1.29 is 9.84 Å². The van der Waals surface area contributed by atoms with Crippen LogP contribution in [0.3, 0.4) is 0 Å². The van der Waals surface area contributed by atoms with E-state index in [1.165, 1.54) is 11.1 Å². The van der Waals surface area contributed by atoms with Crippen LogP contribution in [0.25, 0.3) is 0 Å². The maximum atomic E-state index is 9.42. The monoisotopic (exact) mass is 258 g/mol. The first kappa shape index (κ1) is 12.7. The zero-order chi connectivity index (χ0) is 13.6. The quantitative estimate of drug-likeness (QED) is 0.773. The van der Waals surface area contributed by atoms with Gasteiger partial charge in [0.25, 0.3) is 0 Å². The molecule has 1 aliphatic carbocycles. The number of ether oxygens (including phenoxy) is 1. The van der Waals surface area contributed by atoms with Crippen molar-refractivity contribution in [1.82, 2.24) is 0 Å². The van der Waals surface area contributed by atoms with E-state index < -0.39 is 0 Å². The Balaban J connectivity index is 1.96. The van der Waals surface area contributed by atoms with Gasteiger partial charge < -0.3 is 9.84 Å². The number of fused-ring (bicyclic) bond motifs is 2. The standard InChI is InChI=1S/C17H22O2/c1-10-8-11(2)16-12(3)15(10)9-19-17(16)13-4-6-14(18)7-5-13/h4-8,10,12,15-18H,9H2,1-3H3/t10-,12-,15-,16+,17-/m1/s1. The first-order valence-electron chi connectivity index (χ1n) is 7.16. The van der Waals surface area contributed by atoms with E-state index >= 15 is 0 Å². The Bertz CT molecular complexity index is 488. The highest BCUT2D eigenvalue weighted by Crippen LogP contribution is 2.49. The van der Waals surface area contributed by atoms with Gasteiger partial charge in [0, 0.05) is 5.92 Å². The number of allylic oxidation sites excluding steroid dienone is 1. The third-order valence-electron chi connectivity index (χ3n) is 4.98. The van der Waals surface area contributed by atoms with Crippen molar-refractivity contribution in [3.05, 3.63) is 41.5 Å². The predicted molar refractivity (Wildman–Crippen MR) is 75.9 cm³/mol. The molecule has 0 aromatic heterocycles. The highest BCUT2D eigenvalue weighted by Gasteiger charge is 2.43. The number of benzene rings is 1. The molecule has 0 spiro atoms. The minimum Gasteiger partial charge on any atom is -0.508 e. The van der Waals surface area contributed by atoms with Gasteiger partial charge in [-0.2, -0.15) is 0 Å². The minimum atomic E-state index is 0.135. The maximum absolute atomic E-state index is 9.42. The Hall–Kier alpha value is -1.28. The van der Waals surface area contributed by atoms with Crippen LogP contribution >= 0.6 is 0 Å². The molecule has 0 amide bonds. The van der Waals surface area contributed by atoms with Crippen LogP contribution in [0.15, 0.2) is 35.9 Å². The number of hydrogen-bond acceptors (Lipinski definition) is 2. The second-order valence-electron chi connectivity index (χ2n) is 6.16. The van der Waals surface area contributed by atoms with Crippen molar-refractivity contribution in [2.45, 2.75) is 26.9 Å². The van der Waals surface area contributed by atoms with Gasteiger partial charge in [0.2, 0.25) is 0 Å².